The lowest BCUT2D eigenvalue weighted by molar-refractivity contribution is 0.383. The number of nitrogens with zero attached hydrogens (tertiary/aromatic N) is 1. The average Bonchev–Trinajstić information content (AvgIpc) is 2.38. The van der Waals surface area contributed by atoms with Crippen LogP contribution in [0.2, 0.25) is 5.02 Å². The van der Waals surface area contributed by atoms with Crippen LogP contribution in [0.3, 0.4) is 0 Å². The fourth-order valence-electron chi connectivity index (χ4n) is 1.36. The maximum absolute atomic E-state index is 13.3. The molecule has 0 atom stereocenters. The zero-order chi connectivity index (χ0) is 14.0. The summed E-state index contributed by atoms with van der Waals surface area (Å²) in [6, 6.07) is 6.66. The first kappa shape index (κ1) is 14.1. The molecule has 1 nitrogen and oxygen atoms in total. The summed E-state index contributed by atoms with van der Waals surface area (Å²) in [7, 11) is 0. The molecule has 19 heavy (non-hydrogen) atoms. The van der Waals surface area contributed by atoms with Gasteiger partial charge in [0.1, 0.15) is 0 Å². The van der Waals surface area contributed by atoms with Gasteiger partial charge in [0.25, 0.3) is 11.9 Å². The van der Waals surface area contributed by atoms with Crippen LogP contribution < -0.4 is 0 Å². The molecule has 0 aliphatic heterocycles. The molecule has 0 aliphatic carbocycles. The molecule has 1 aromatic heterocycles. The van der Waals surface area contributed by atoms with Gasteiger partial charge < -0.3 is 0 Å². The molecule has 0 fully saturated rings. The van der Waals surface area contributed by atoms with Gasteiger partial charge in [0, 0.05) is 10.8 Å². The van der Waals surface area contributed by atoms with Gasteiger partial charge >= 0.3 is 0 Å². The van der Waals surface area contributed by atoms with Crippen molar-refractivity contribution in [2.45, 2.75) is 10.6 Å². The summed E-state index contributed by atoms with van der Waals surface area (Å²) >= 11 is 6.49. The predicted molar refractivity (Wildman–Crippen MR) is 65.1 cm³/mol. The van der Waals surface area contributed by atoms with E-state index in [2.05, 4.69) is 4.98 Å². The minimum Gasteiger partial charge on any atom is -0.201 e. The SMILES string of the molecule is Fc1nc(F)c(F)c(SCc2ccccc2Cl)c1F. The van der Waals surface area contributed by atoms with E-state index in [1.54, 1.807) is 24.3 Å². The van der Waals surface area contributed by atoms with E-state index >= 15 is 0 Å². The van der Waals surface area contributed by atoms with Crippen molar-refractivity contribution in [1.29, 1.82) is 0 Å². The Hall–Kier alpha value is -1.27. The van der Waals surface area contributed by atoms with Crippen LogP contribution in [-0.2, 0) is 5.75 Å². The fourth-order valence-corrected chi connectivity index (χ4v) is 2.62. The van der Waals surface area contributed by atoms with Crippen LogP contribution >= 0.6 is 23.4 Å². The van der Waals surface area contributed by atoms with Gasteiger partial charge in [-0.15, -0.1) is 11.8 Å². The quantitative estimate of drug-likeness (QED) is 0.467. The van der Waals surface area contributed by atoms with E-state index in [4.69, 9.17) is 11.6 Å². The van der Waals surface area contributed by atoms with Gasteiger partial charge in [-0.1, -0.05) is 29.8 Å². The molecule has 7 heteroatoms. The highest BCUT2D eigenvalue weighted by atomic mass is 35.5. The number of aromatic nitrogens is 1. The van der Waals surface area contributed by atoms with E-state index < -0.39 is 28.4 Å². The van der Waals surface area contributed by atoms with Gasteiger partial charge in [0.15, 0.2) is 11.6 Å². The van der Waals surface area contributed by atoms with E-state index in [1.807, 2.05) is 0 Å². The van der Waals surface area contributed by atoms with Crippen molar-refractivity contribution >= 4 is 23.4 Å². The van der Waals surface area contributed by atoms with Gasteiger partial charge in [0.2, 0.25) is 0 Å². The highest BCUT2D eigenvalue weighted by Crippen LogP contribution is 2.31. The van der Waals surface area contributed by atoms with E-state index in [9.17, 15) is 17.6 Å². The molecule has 2 aromatic rings. The van der Waals surface area contributed by atoms with Crippen molar-refractivity contribution < 1.29 is 17.6 Å². The molecule has 0 saturated heterocycles. The molecule has 0 bridgehead atoms. The van der Waals surface area contributed by atoms with E-state index in [1.165, 1.54) is 0 Å². The van der Waals surface area contributed by atoms with Gasteiger partial charge in [-0.05, 0) is 11.6 Å². The Kier molecular flexibility index (Phi) is 4.31. The Morgan fingerprint density at radius 1 is 1.00 bits per heavy atom. The summed E-state index contributed by atoms with van der Waals surface area (Å²) in [5.74, 6) is -6.26. The standard InChI is InChI=1S/C12H6ClF4NS/c13-7-4-2-1-3-6(7)5-19-10-8(14)11(16)18-12(17)9(10)15/h1-4H,5H2. The molecule has 2 rings (SSSR count). The molecular formula is C12H6ClF4NS. The Balaban J connectivity index is 2.28. The zero-order valence-corrected chi connectivity index (χ0v) is 10.8. The second-order valence-electron chi connectivity index (χ2n) is 3.53. The zero-order valence-electron chi connectivity index (χ0n) is 9.26. The summed E-state index contributed by atoms with van der Waals surface area (Å²) in [5.41, 5.74) is 0.602. The lowest BCUT2D eigenvalue weighted by Crippen LogP contribution is -2.02. The minimum atomic E-state index is -1.67. The van der Waals surface area contributed by atoms with Crippen LogP contribution in [0, 0.1) is 23.5 Å². The lowest BCUT2D eigenvalue weighted by Gasteiger charge is -2.07. The molecular weight excluding hydrogens is 302 g/mol. The Morgan fingerprint density at radius 3 is 2.16 bits per heavy atom. The topological polar surface area (TPSA) is 12.9 Å². The number of pyridine rings is 1. The molecule has 100 valence electrons. The Labute approximate surface area is 115 Å². The first-order valence-electron chi connectivity index (χ1n) is 5.07. The minimum absolute atomic E-state index is 0.0798. The molecule has 0 spiro atoms. The van der Waals surface area contributed by atoms with Gasteiger partial charge in [-0.2, -0.15) is 13.8 Å². The lowest BCUT2D eigenvalue weighted by atomic mass is 10.2. The summed E-state index contributed by atoms with van der Waals surface area (Å²) in [4.78, 5) is 1.74. The number of halogens is 5. The average molecular weight is 308 g/mol. The second-order valence-corrected chi connectivity index (χ2v) is 4.92. The highest BCUT2D eigenvalue weighted by Gasteiger charge is 2.21. The maximum atomic E-state index is 13.3. The molecule has 0 N–H and O–H groups in total. The monoisotopic (exact) mass is 307 g/mol. The van der Waals surface area contributed by atoms with Crippen LogP contribution in [0.15, 0.2) is 29.2 Å². The first-order valence-corrected chi connectivity index (χ1v) is 6.43. The van der Waals surface area contributed by atoms with Crippen LogP contribution in [0.25, 0.3) is 0 Å². The third kappa shape index (κ3) is 3.01. The molecule has 0 aliphatic rings. The number of rotatable bonds is 3. The van der Waals surface area contributed by atoms with Gasteiger partial charge in [-0.25, -0.2) is 8.78 Å². The number of hydrogen-bond donors (Lipinski definition) is 0. The van der Waals surface area contributed by atoms with Crippen molar-refractivity contribution in [3.8, 4) is 0 Å². The number of benzene rings is 1. The number of thioether (sulfide) groups is 1. The van der Waals surface area contributed by atoms with Crippen molar-refractivity contribution in [2.24, 2.45) is 0 Å². The molecule has 0 amide bonds. The second kappa shape index (κ2) is 5.79. The van der Waals surface area contributed by atoms with Crippen LogP contribution in [0.1, 0.15) is 5.56 Å². The largest absolute Gasteiger partial charge is 0.252 e. The third-order valence-electron chi connectivity index (χ3n) is 2.29. The molecule has 1 heterocycles. The van der Waals surface area contributed by atoms with Gasteiger partial charge in [-0.3, -0.25) is 0 Å². The Morgan fingerprint density at radius 2 is 1.58 bits per heavy atom. The fraction of sp³-hybridized carbons (Fsp3) is 0.0833. The normalized spacial score (nSPS) is 10.8. The molecule has 0 unspecified atom stereocenters. The molecule has 1 aromatic carbocycles. The summed E-state index contributed by atoms with van der Waals surface area (Å²) in [5, 5.41) is 0.408. The molecule has 0 saturated carbocycles. The van der Waals surface area contributed by atoms with Crippen LogP contribution in [-0.4, -0.2) is 4.98 Å². The summed E-state index contributed by atoms with van der Waals surface area (Å²) in [6.07, 6.45) is 0. The number of hydrogen-bond acceptors (Lipinski definition) is 2. The van der Waals surface area contributed by atoms with E-state index in [-0.39, 0.29) is 5.75 Å². The Bertz CT molecular complexity index is 595. The maximum Gasteiger partial charge on any atom is 0.252 e. The van der Waals surface area contributed by atoms with E-state index in [0.29, 0.717) is 22.3 Å². The summed E-state index contributed by atoms with van der Waals surface area (Å²) < 4.78 is 52.5. The van der Waals surface area contributed by atoms with Gasteiger partial charge in [0.05, 0.1) is 4.90 Å². The van der Waals surface area contributed by atoms with Crippen molar-refractivity contribution in [2.75, 3.05) is 0 Å². The van der Waals surface area contributed by atoms with Crippen LogP contribution in [0.4, 0.5) is 17.6 Å². The van der Waals surface area contributed by atoms with Crippen molar-refractivity contribution in [1.82, 2.24) is 4.98 Å². The highest BCUT2D eigenvalue weighted by molar-refractivity contribution is 7.98. The van der Waals surface area contributed by atoms with Crippen molar-refractivity contribution in [3.63, 3.8) is 0 Å². The third-order valence-corrected chi connectivity index (χ3v) is 3.76. The van der Waals surface area contributed by atoms with Crippen LogP contribution in [0.5, 0.6) is 0 Å². The predicted octanol–water partition coefficient (Wildman–Crippen LogP) is 4.58. The smallest absolute Gasteiger partial charge is 0.201 e. The molecule has 0 radical (unpaired) electrons. The van der Waals surface area contributed by atoms with E-state index in [0.717, 1.165) is 0 Å². The van der Waals surface area contributed by atoms with Crippen molar-refractivity contribution in [3.05, 3.63) is 58.4 Å². The summed E-state index contributed by atoms with van der Waals surface area (Å²) in [6.45, 7) is 0. The first-order chi connectivity index (χ1) is 9.00.